The van der Waals surface area contributed by atoms with Gasteiger partial charge in [0.1, 0.15) is 5.82 Å². The van der Waals surface area contributed by atoms with Crippen LogP contribution in [-0.4, -0.2) is 18.8 Å². The highest BCUT2D eigenvalue weighted by molar-refractivity contribution is 5.27. The van der Waals surface area contributed by atoms with Crippen molar-refractivity contribution in [3.05, 3.63) is 35.6 Å². The van der Waals surface area contributed by atoms with E-state index in [9.17, 15) is 4.39 Å². The summed E-state index contributed by atoms with van der Waals surface area (Å²) in [5.74, 6) is -0.171. The number of halogens is 1. The SMILES string of the molecule is CC1(C)C[C@](CC[NH3+])(c2ccc(F)cc2)CCO1. The zero-order valence-corrected chi connectivity index (χ0v) is 11.3. The average Bonchev–Trinajstić information content (AvgIpc) is 2.28. The third kappa shape index (κ3) is 2.73. The highest BCUT2D eigenvalue weighted by Gasteiger charge is 2.41. The van der Waals surface area contributed by atoms with Crippen LogP contribution in [0.5, 0.6) is 0 Å². The zero-order valence-electron chi connectivity index (χ0n) is 11.3. The van der Waals surface area contributed by atoms with E-state index in [1.54, 1.807) is 12.1 Å². The van der Waals surface area contributed by atoms with Gasteiger partial charge in [-0.3, -0.25) is 0 Å². The second-order valence-corrected chi connectivity index (χ2v) is 5.93. The predicted molar refractivity (Wildman–Crippen MR) is 69.7 cm³/mol. The first-order chi connectivity index (χ1) is 8.47. The fourth-order valence-electron chi connectivity index (χ4n) is 3.22. The van der Waals surface area contributed by atoms with Gasteiger partial charge in [-0.15, -0.1) is 0 Å². The summed E-state index contributed by atoms with van der Waals surface area (Å²) in [5.41, 5.74) is 5.21. The van der Waals surface area contributed by atoms with Crippen molar-refractivity contribution >= 4 is 0 Å². The van der Waals surface area contributed by atoms with Gasteiger partial charge in [-0.05, 0) is 44.4 Å². The molecule has 0 saturated carbocycles. The van der Waals surface area contributed by atoms with Crippen LogP contribution in [0.25, 0.3) is 0 Å². The Morgan fingerprint density at radius 1 is 1.28 bits per heavy atom. The van der Waals surface area contributed by atoms with E-state index in [1.807, 2.05) is 12.1 Å². The van der Waals surface area contributed by atoms with Crippen LogP contribution in [0, 0.1) is 5.82 Å². The van der Waals surface area contributed by atoms with Crippen LogP contribution in [-0.2, 0) is 10.2 Å². The van der Waals surface area contributed by atoms with E-state index in [-0.39, 0.29) is 16.8 Å². The maximum absolute atomic E-state index is 13.1. The standard InChI is InChI=1S/C15H22FNO/c1-14(2)11-15(7-9-17,8-10-18-14)12-3-5-13(16)6-4-12/h3-6H,7-11,17H2,1-2H3/p+1/t15-/m1/s1. The topological polar surface area (TPSA) is 36.9 Å². The van der Waals surface area contributed by atoms with Crippen molar-refractivity contribution in [2.75, 3.05) is 13.2 Å². The molecule has 18 heavy (non-hydrogen) atoms. The lowest BCUT2D eigenvalue weighted by molar-refractivity contribution is -0.372. The molecule has 0 amide bonds. The Kier molecular flexibility index (Phi) is 3.74. The molecular weight excluding hydrogens is 229 g/mol. The molecule has 100 valence electrons. The Hall–Kier alpha value is -0.930. The summed E-state index contributed by atoms with van der Waals surface area (Å²) in [6.45, 7) is 5.93. The van der Waals surface area contributed by atoms with Gasteiger partial charge in [0, 0.05) is 18.4 Å². The predicted octanol–water partition coefficient (Wildman–Crippen LogP) is 2.28. The number of ether oxygens (including phenoxy) is 1. The second kappa shape index (κ2) is 4.98. The molecule has 1 aliphatic heterocycles. The van der Waals surface area contributed by atoms with Gasteiger partial charge in [-0.1, -0.05) is 12.1 Å². The minimum Gasteiger partial charge on any atom is -0.376 e. The zero-order chi connectivity index (χ0) is 13.2. The van der Waals surface area contributed by atoms with E-state index >= 15 is 0 Å². The number of benzene rings is 1. The summed E-state index contributed by atoms with van der Waals surface area (Å²) >= 11 is 0. The molecule has 1 aromatic rings. The first-order valence-corrected chi connectivity index (χ1v) is 6.67. The van der Waals surface area contributed by atoms with E-state index in [1.165, 1.54) is 5.56 Å². The van der Waals surface area contributed by atoms with E-state index < -0.39 is 0 Å². The molecule has 2 rings (SSSR count). The Bertz CT molecular complexity index is 397. The van der Waals surface area contributed by atoms with Gasteiger partial charge in [-0.2, -0.15) is 0 Å². The van der Waals surface area contributed by atoms with Gasteiger partial charge < -0.3 is 10.5 Å². The summed E-state index contributed by atoms with van der Waals surface area (Å²) in [5, 5.41) is 0. The second-order valence-electron chi connectivity index (χ2n) is 5.93. The Morgan fingerprint density at radius 2 is 1.94 bits per heavy atom. The molecule has 2 nitrogen and oxygen atoms in total. The van der Waals surface area contributed by atoms with Gasteiger partial charge in [-0.25, -0.2) is 4.39 Å². The lowest BCUT2D eigenvalue weighted by atomic mass is 9.67. The molecule has 0 bridgehead atoms. The van der Waals surface area contributed by atoms with Crippen LogP contribution >= 0.6 is 0 Å². The molecule has 0 aromatic heterocycles. The molecule has 0 spiro atoms. The Balaban J connectivity index is 2.34. The Labute approximate surface area is 108 Å². The molecule has 1 saturated heterocycles. The molecule has 3 heteroatoms. The number of hydrogen-bond donors (Lipinski definition) is 1. The van der Waals surface area contributed by atoms with Crippen LogP contribution < -0.4 is 5.73 Å². The minimum absolute atomic E-state index is 0.0944. The third-order valence-corrected chi connectivity index (χ3v) is 3.95. The van der Waals surface area contributed by atoms with Gasteiger partial charge >= 0.3 is 0 Å². The molecule has 0 radical (unpaired) electrons. The number of hydrogen-bond acceptors (Lipinski definition) is 1. The molecule has 1 atom stereocenters. The number of rotatable bonds is 3. The van der Waals surface area contributed by atoms with Crippen molar-refractivity contribution in [2.45, 2.75) is 44.1 Å². The van der Waals surface area contributed by atoms with Crippen molar-refractivity contribution in [1.29, 1.82) is 0 Å². The molecular formula is C15H23FNO+. The van der Waals surface area contributed by atoms with Crippen molar-refractivity contribution in [1.82, 2.24) is 0 Å². The quantitative estimate of drug-likeness (QED) is 0.880. The van der Waals surface area contributed by atoms with E-state index in [4.69, 9.17) is 4.74 Å². The van der Waals surface area contributed by atoms with Crippen molar-refractivity contribution in [3.8, 4) is 0 Å². The minimum atomic E-state index is -0.171. The van der Waals surface area contributed by atoms with Crippen molar-refractivity contribution < 1.29 is 14.9 Å². The largest absolute Gasteiger partial charge is 0.376 e. The maximum atomic E-state index is 13.1. The first-order valence-electron chi connectivity index (χ1n) is 6.67. The molecule has 0 aliphatic carbocycles. The van der Waals surface area contributed by atoms with Gasteiger partial charge in [0.25, 0.3) is 0 Å². The van der Waals surface area contributed by atoms with E-state index in [0.717, 1.165) is 32.4 Å². The molecule has 3 N–H and O–H groups in total. The summed E-state index contributed by atoms with van der Waals surface area (Å²) in [6, 6.07) is 6.96. The summed E-state index contributed by atoms with van der Waals surface area (Å²) in [6.07, 6.45) is 3.00. The lowest BCUT2D eigenvalue weighted by Gasteiger charge is -2.45. The fourth-order valence-corrected chi connectivity index (χ4v) is 3.22. The van der Waals surface area contributed by atoms with Crippen LogP contribution in [0.15, 0.2) is 24.3 Å². The lowest BCUT2D eigenvalue weighted by Crippen LogP contribution is -2.55. The highest BCUT2D eigenvalue weighted by atomic mass is 19.1. The number of quaternary nitrogens is 1. The first kappa shape index (κ1) is 13.5. The Morgan fingerprint density at radius 3 is 2.50 bits per heavy atom. The van der Waals surface area contributed by atoms with Crippen LogP contribution in [0.2, 0.25) is 0 Å². The van der Waals surface area contributed by atoms with Crippen LogP contribution in [0.1, 0.15) is 38.7 Å². The van der Waals surface area contributed by atoms with E-state index in [0.29, 0.717) is 0 Å². The highest BCUT2D eigenvalue weighted by Crippen LogP contribution is 2.43. The third-order valence-electron chi connectivity index (χ3n) is 3.95. The van der Waals surface area contributed by atoms with Crippen LogP contribution in [0.4, 0.5) is 4.39 Å². The summed E-state index contributed by atoms with van der Waals surface area (Å²) in [4.78, 5) is 0. The molecule has 1 aromatic carbocycles. The maximum Gasteiger partial charge on any atom is 0.123 e. The summed E-state index contributed by atoms with van der Waals surface area (Å²) < 4.78 is 18.9. The van der Waals surface area contributed by atoms with Gasteiger partial charge in [0.15, 0.2) is 0 Å². The molecule has 0 unspecified atom stereocenters. The fraction of sp³-hybridized carbons (Fsp3) is 0.600. The smallest absolute Gasteiger partial charge is 0.123 e. The van der Waals surface area contributed by atoms with E-state index in [2.05, 4.69) is 19.6 Å². The molecule has 1 aliphatic rings. The molecule has 1 heterocycles. The van der Waals surface area contributed by atoms with Gasteiger partial charge in [0.05, 0.1) is 12.1 Å². The monoisotopic (exact) mass is 252 g/mol. The van der Waals surface area contributed by atoms with Gasteiger partial charge in [0.2, 0.25) is 0 Å². The van der Waals surface area contributed by atoms with Crippen LogP contribution in [0.3, 0.4) is 0 Å². The van der Waals surface area contributed by atoms with Crippen molar-refractivity contribution in [3.63, 3.8) is 0 Å². The average molecular weight is 252 g/mol. The van der Waals surface area contributed by atoms with Crippen molar-refractivity contribution in [2.24, 2.45) is 0 Å². The normalized spacial score (nSPS) is 27.1. The summed E-state index contributed by atoms with van der Waals surface area (Å²) in [7, 11) is 0. The molecule has 1 fully saturated rings.